The van der Waals surface area contributed by atoms with Crippen molar-refractivity contribution in [2.45, 2.75) is 20.3 Å². The molecule has 1 heterocycles. The maximum absolute atomic E-state index is 11.7. The number of aromatic amines is 1. The number of rotatable bonds is 2. The fourth-order valence-electron chi connectivity index (χ4n) is 1.81. The normalized spacial score (nSPS) is 10.5. The summed E-state index contributed by atoms with van der Waals surface area (Å²) in [4.78, 5) is 25.1. The highest BCUT2D eigenvalue weighted by Crippen LogP contribution is 2.09. The van der Waals surface area contributed by atoms with Gasteiger partial charge in [-0.2, -0.15) is 0 Å². The van der Waals surface area contributed by atoms with Crippen LogP contribution >= 0.6 is 0 Å². The zero-order chi connectivity index (χ0) is 12.4. The minimum absolute atomic E-state index is 0.367. The Morgan fingerprint density at radius 2 is 1.82 bits per heavy atom. The first kappa shape index (κ1) is 11.4. The lowest BCUT2D eigenvalue weighted by atomic mass is 10.1. The minimum atomic E-state index is -0.403. The van der Waals surface area contributed by atoms with Gasteiger partial charge < -0.3 is 0 Å². The van der Waals surface area contributed by atoms with Gasteiger partial charge in [0.05, 0.1) is 5.69 Å². The highest BCUT2D eigenvalue weighted by Gasteiger charge is 2.04. The highest BCUT2D eigenvalue weighted by atomic mass is 16.2. The van der Waals surface area contributed by atoms with E-state index in [9.17, 15) is 9.59 Å². The van der Waals surface area contributed by atoms with Gasteiger partial charge in [0.1, 0.15) is 0 Å². The summed E-state index contributed by atoms with van der Waals surface area (Å²) in [6, 6.07) is 9.13. The molecule has 4 heteroatoms. The van der Waals surface area contributed by atoms with E-state index in [4.69, 9.17) is 0 Å². The van der Waals surface area contributed by atoms with Crippen LogP contribution in [0, 0.1) is 6.92 Å². The van der Waals surface area contributed by atoms with Gasteiger partial charge >= 0.3 is 5.69 Å². The number of H-pyrrole nitrogens is 1. The molecule has 0 amide bonds. The number of aromatic nitrogens is 2. The average Bonchev–Trinajstić information content (AvgIpc) is 2.28. The van der Waals surface area contributed by atoms with Gasteiger partial charge in [-0.05, 0) is 31.0 Å². The van der Waals surface area contributed by atoms with Gasteiger partial charge in [0.25, 0.3) is 5.56 Å². The molecule has 0 fully saturated rings. The Balaban J connectivity index is 2.60. The maximum Gasteiger partial charge on any atom is 0.333 e. The molecule has 4 nitrogen and oxygen atoms in total. The molecule has 1 aromatic heterocycles. The number of aryl methyl sites for hydroxylation is 2. The van der Waals surface area contributed by atoms with Gasteiger partial charge in [0.2, 0.25) is 0 Å². The number of nitrogens with zero attached hydrogens (tertiary/aromatic N) is 1. The average molecular weight is 230 g/mol. The Morgan fingerprint density at radius 3 is 2.35 bits per heavy atom. The largest absolute Gasteiger partial charge is 0.333 e. The smallest absolute Gasteiger partial charge is 0.274 e. The third kappa shape index (κ3) is 2.20. The summed E-state index contributed by atoms with van der Waals surface area (Å²) in [7, 11) is 0. The van der Waals surface area contributed by atoms with Crippen molar-refractivity contribution in [2.24, 2.45) is 0 Å². The molecule has 0 saturated heterocycles. The van der Waals surface area contributed by atoms with Crippen molar-refractivity contribution >= 4 is 0 Å². The molecule has 2 aromatic rings. The molecule has 17 heavy (non-hydrogen) atoms. The lowest BCUT2D eigenvalue weighted by molar-refractivity contribution is 0.855. The van der Waals surface area contributed by atoms with E-state index in [0.717, 1.165) is 12.1 Å². The molecule has 0 aliphatic heterocycles. The predicted octanol–water partition coefficient (Wildman–Crippen LogP) is 1.40. The lowest BCUT2D eigenvalue weighted by Gasteiger charge is -2.09. The van der Waals surface area contributed by atoms with E-state index in [1.165, 1.54) is 16.2 Å². The standard InChI is InChI=1S/C13H14N2O2/c1-3-10-4-6-11(7-5-10)15-9(2)8-12(16)14-13(15)17/h4-8H,3H2,1-2H3,(H,14,16,17). The molecule has 0 saturated carbocycles. The van der Waals surface area contributed by atoms with E-state index in [1.54, 1.807) is 6.92 Å². The van der Waals surface area contributed by atoms with E-state index in [2.05, 4.69) is 11.9 Å². The second-order valence-electron chi connectivity index (χ2n) is 3.94. The Bertz CT molecular complexity index is 636. The zero-order valence-electron chi connectivity index (χ0n) is 9.86. The number of hydrogen-bond donors (Lipinski definition) is 1. The molecule has 1 aromatic carbocycles. The summed E-state index contributed by atoms with van der Waals surface area (Å²) < 4.78 is 1.49. The van der Waals surface area contributed by atoms with Crippen molar-refractivity contribution in [1.29, 1.82) is 0 Å². The van der Waals surface area contributed by atoms with Crippen molar-refractivity contribution < 1.29 is 0 Å². The van der Waals surface area contributed by atoms with Crippen molar-refractivity contribution in [1.82, 2.24) is 9.55 Å². The van der Waals surface area contributed by atoms with E-state index in [0.29, 0.717) is 5.69 Å². The monoisotopic (exact) mass is 230 g/mol. The number of hydrogen-bond acceptors (Lipinski definition) is 2. The number of nitrogens with one attached hydrogen (secondary N) is 1. The predicted molar refractivity (Wildman–Crippen MR) is 66.8 cm³/mol. The second-order valence-corrected chi connectivity index (χ2v) is 3.94. The van der Waals surface area contributed by atoms with Gasteiger partial charge in [-0.25, -0.2) is 4.79 Å². The second kappa shape index (κ2) is 4.41. The maximum atomic E-state index is 11.7. The first-order valence-electron chi connectivity index (χ1n) is 5.54. The summed E-state index contributed by atoms with van der Waals surface area (Å²) >= 11 is 0. The molecule has 0 aliphatic carbocycles. The molecule has 0 aliphatic rings. The van der Waals surface area contributed by atoms with Crippen molar-refractivity contribution in [2.75, 3.05) is 0 Å². The fourth-order valence-corrected chi connectivity index (χ4v) is 1.81. The van der Waals surface area contributed by atoms with E-state index >= 15 is 0 Å². The summed E-state index contributed by atoms with van der Waals surface area (Å²) in [5, 5.41) is 0. The molecule has 0 spiro atoms. The minimum Gasteiger partial charge on any atom is -0.274 e. The Labute approximate surface area is 98.6 Å². The molecule has 0 unspecified atom stereocenters. The molecule has 0 radical (unpaired) electrons. The van der Waals surface area contributed by atoms with Crippen LogP contribution in [0.4, 0.5) is 0 Å². The third-order valence-corrected chi connectivity index (χ3v) is 2.73. The van der Waals surface area contributed by atoms with Crippen LogP contribution < -0.4 is 11.2 Å². The van der Waals surface area contributed by atoms with E-state index in [1.807, 2.05) is 24.3 Å². The zero-order valence-corrected chi connectivity index (χ0v) is 9.86. The highest BCUT2D eigenvalue weighted by molar-refractivity contribution is 5.36. The van der Waals surface area contributed by atoms with Crippen molar-refractivity contribution in [3.8, 4) is 5.69 Å². The van der Waals surface area contributed by atoms with Crippen LogP contribution in [-0.4, -0.2) is 9.55 Å². The first-order valence-corrected chi connectivity index (χ1v) is 5.54. The van der Waals surface area contributed by atoms with Crippen LogP contribution in [0.25, 0.3) is 5.69 Å². The first-order chi connectivity index (χ1) is 8.11. The molecule has 1 N–H and O–H groups in total. The molecule has 0 atom stereocenters. The molecule has 0 bridgehead atoms. The van der Waals surface area contributed by atoms with Crippen LogP contribution in [-0.2, 0) is 6.42 Å². The topological polar surface area (TPSA) is 54.9 Å². The van der Waals surface area contributed by atoms with Gasteiger partial charge in [-0.15, -0.1) is 0 Å². The van der Waals surface area contributed by atoms with Crippen molar-refractivity contribution in [3.63, 3.8) is 0 Å². The van der Waals surface area contributed by atoms with Crippen LogP contribution in [0.3, 0.4) is 0 Å². The SMILES string of the molecule is CCc1ccc(-n2c(C)cc(=O)[nH]c2=O)cc1. The quantitative estimate of drug-likeness (QED) is 0.847. The van der Waals surface area contributed by atoms with E-state index in [-0.39, 0.29) is 5.56 Å². The van der Waals surface area contributed by atoms with Gasteiger partial charge in [0.15, 0.2) is 0 Å². The third-order valence-electron chi connectivity index (χ3n) is 2.73. The Morgan fingerprint density at radius 1 is 1.18 bits per heavy atom. The fraction of sp³-hybridized carbons (Fsp3) is 0.231. The van der Waals surface area contributed by atoms with Gasteiger partial charge in [-0.3, -0.25) is 14.3 Å². The summed E-state index contributed by atoms with van der Waals surface area (Å²) in [6.07, 6.45) is 0.958. The Hall–Kier alpha value is -2.10. The molecule has 88 valence electrons. The van der Waals surface area contributed by atoms with Gasteiger partial charge in [0, 0.05) is 11.8 Å². The summed E-state index contributed by atoms with van der Waals surface area (Å²) in [6.45, 7) is 3.82. The van der Waals surface area contributed by atoms with Crippen LogP contribution in [0.5, 0.6) is 0 Å². The summed E-state index contributed by atoms with van der Waals surface area (Å²) in [5.41, 5.74) is 1.83. The van der Waals surface area contributed by atoms with E-state index < -0.39 is 5.69 Å². The Kier molecular flexibility index (Phi) is 2.95. The molecular formula is C13H14N2O2. The summed E-state index contributed by atoms with van der Waals surface area (Å²) in [5.74, 6) is 0. The van der Waals surface area contributed by atoms with Crippen molar-refractivity contribution in [3.05, 3.63) is 62.4 Å². The van der Waals surface area contributed by atoms with Gasteiger partial charge in [-0.1, -0.05) is 19.1 Å². The van der Waals surface area contributed by atoms with Crippen LogP contribution in [0.15, 0.2) is 39.9 Å². The van der Waals surface area contributed by atoms with Crippen LogP contribution in [0.2, 0.25) is 0 Å². The number of benzene rings is 1. The van der Waals surface area contributed by atoms with Crippen LogP contribution in [0.1, 0.15) is 18.2 Å². The molecule has 2 rings (SSSR count). The molecular weight excluding hydrogens is 216 g/mol. The lowest BCUT2D eigenvalue weighted by Crippen LogP contribution is -2.29.